The van der Waals surface area contributed by atoms with Crippen LogP contribution in [0.1, 0.15) is 41.5 Å². The number of aromatic nitrogens is 2. The Labute approximate surface area is 124 Å². The van der Waals surface area contributed by atoms with E-state index in [9.17, 15) is 4.79 Å². The fourth-order valence-electron chi connectivity index (χ4n) is 2.83. The van der Waals surface area contributed by atoms with Crippen LogP contribution in [-0.2, 0) is 12.8 Å². The number of rotatable bonds is 3. The fourth-order valence-corrected chi connectivity index (χ4v) is 2.83. The molecule has 0 aliphatic heterocycles. The van der Waals surface area contributed by atoms with Gasteiger partial charge in [0.25, 0.3) is 5.91 Å². The average molecular weight is 284 g/mol. The molecule has 0 saturated heterocycles. The van der Waals surface area contributed by atoms with Crippen molar-refractivity contribution in [3.05, 3.63) is 41.5 Å². The first-order valence-electron chi connectivity index (χ1n) is 7.44. The monoisotopic (exact) mass is 284 g/mol. The van der Waals surface area contributed by atoms with Gasteiger partial charge in [0.2, 0.25) is 0 Å². The third-order valence-corrected chi connectivity index (χ3v) is 3.92. The third kappa shape index (κ3) is 2.51. The smallest absolute Gasteiger partial charge is 0.251 e. The second kappa shape index (κ2) is 5.60. The standard InChI is InChI=1S/C16H20N4O/c1-2-18-16(21)11-7-8-12(17)15(9-11)20-10-19-13-5-3-4-6-14(13)20/h7-10H,2-6,17H2,1H3,(H,18,21). The predicted octanol–water partition coefficient (Wildman–Crippen LogP) is 2.08. The van der Waals surface area contributed by atoms with Gasteiger partial charge in [-0.1, -0.05) is 0 Å². The number of fused-ring (bicyclic) bond motifs is 1. The number of imidazole rings is 1. The van der Waals surface area contributed by atoms with Crippen molar-refractivity contribution >= 4 is 11.6 Å². The van der Waals surface area contributed by atoms with Gasteiger partial charge in [0.05, 0.1) is 23.4 Å². The lowest BCUT2D eigenvalue weighted by Crippen LogP contribution is -2.23. The number of amides is 1. The number of hydrogen-bond donors (Lipinski definition) is 2. The normalized spacial score (nSPS) is 13.8. The molecule has 1 heterocycles. The van der Waals surface area contributed by atoms with E-state index in [2.05, 4.69) is 10.3 Å². The van der Waals surface area contributed by atoms with Gasteiger partial charge in [0.15, 0.2) is 0 Å². The molecule has 0 radical (unpaired) electrons. The summed E-state index contributed by atoms with van der Waals surface area (Å²) < 4.78 is 2.03. The Morgan fingerprint density at radius 2 is 2.19 bits per heavy atom. The summed E-state index contributed by atoms with van der Waals surface area (Å²) in [5.41, 5.74) is 10.6. The van der Waals surface area contributed by atoms with Gasteiger partial charge in [-0.25, -0.2) is 4.98 Å². The van der Waals surface area contributed by atoms with Gasteiger partial charge in [-0.15, -0.1) is 0 Å². The molecule has 0 bridgehead atoms. The van der Waals surface area contributed by atoms with Crippen molar-refractivity contribution in [2.24, 2.45) is 0 Å². The second-order valence-electron chi connectivity index (χ2n) is 5.35. The van der Waals surface area contributed by atoms with Gasteiger partial charge in [0.1, 0.15) is 0 Å². The zero-order chi connectivity index (χ0) is 14.8. The molecular weight excluding hydrogens is 264 g/mol. The van der Waals surface area contributed by atoms with Gasteiger partial charge in [-0.05, 0) is 50.8 Å². The number of carbonyl (C=O) groups is 1. The summed E-state index contributed by atoms with van der Waals surface area (Å²) in [5.74, 6) is -0.0762. The van der Waals surface area contributed by atoms with E-state index in [-0.39, 0.29) is 5.91 Å². The average Bonchev–Trinajstić information content (AvgIpc) is 2.92. The molecule has 1 amide bonds. The lowest BCUT2D eigenvalue weighted by atomic mass is 10.0. The van der Waals surface area contributed by atoms with E-state index in [4.69, 9.17) is 5.73 Å². The van der Waals surface area contributed by atoms with Gasteiger partial charge >= 0.3 is 0 Å². The molecule has 5 nitrogen and oxygen atoms in total. The summed E-state index contributed by atoms with van der Waals surface area (Å²) in [5, 5.41) is 2.81. The van der Waals surface area contributed by atoms with Gasteiger partial charge in [-0.2, -0.15) is 0 Å². The van der Waals surface area contributed by atoms with Crippen molar-refractivity contribution in [1.82, 2.24) is 14.9 Å². The maximum atomic E-state index is 12.0. The van der Waals surface area contributed by atoms with Crippen molar-refractivity contribution in [2.45, 2.75) is 32.6 Å². The SMILES string of the molecule is CCNC(=O)c1ccc(N)c(-n2cnc3c2CCCC3)c1. The summed E-state index contributed by atoms with van der Waals surface area (Å²) in [6.45, 7) is 2.52. The third-order valence-electron chi connectivity index (χ3n) is 3.92. The van der Waals surface area contributed by atoms with Crippen LogP contribution >= 0.6 is 0 Å². The van der Waals surface area contributed by atoms with E-state index >= 15 is 0 Å². The van der Waals surface area contributed by atoms with Crippen molar-refractivity contribution in [3.63, 3.8) is 0 Å². The van der Waals surface area contributed by atoms with Gasteiger partial charge in [0, 0.05) is 17.8 Å². The molecule has 3 rings (SSSR count). The lowest BCUT2D eigenvalue weighted by molar-refractivity contribution is 0.0956. The first-order chi connectivity index (χ1) is 10.2. The van der Waals surface area contributed by atoms with E-state index in [1.807, 2.05) is 23.9 Å². The van der Waals surface area contributed by atoms with E-state index in [1.54, 1.807) is 12.1 Å². The van der Waals surface area contributed by atoms with Crippen LogP contribution in [0.3, 0.4) is 0 Å². The molecule has 110 valence electrons. The topological polar surface area (TPSA) is 72.9 Å². The number of nitrogens with one attached hydrogen (secondary N) is 1. The Balaban J connectivity index is 2.03. The van der Waals surface area contributed by atoms with Gasteiger partial charge < -0.3 is 15.6 Å². The molecule has 1 aliphatic rings. The molecule has 0 fully saturated rings. The maximum Gasteiger partial charge on any atom is 0.251 e. The number of nitrogens with two attached hydrogens (primary N) is 1. The summed E-state index contributed by atoms with van der Waals surface area (Å²) in [6, 6.07) is 5.39. The Morgan fingerprint density at radius 3 is 3.00 bits per heavy atom. The summed E-state index contributed by atoms with van der Waals surface area (Å²) in [6.07, 6.45) is 6.23. The van der Waals surface area contributed by atoms with E-state index < -0.39 is 0 Å². The number of carbonyl (C=O) groups excluding carboxylic acids is 1. The first-order valence-corrected chi connectivity index (χ1v) is 7.44. The molecule has 0 spiro atoms. The van der Waals surface area contributed by atoms with E-state index in [1.165, 1.54) is 18.5 Å². The minimum absolute atomic E-state index is 0.0762. The maximum absolute atomic E-state index is 12.0. The second-order valence-corrected chi connectivity index (χ2v) is 5.35. The Kier molecular flexibility index (Phi) is 3.64. The van der Waals surface area contributed by atoms with Crippen molar-refractivity contribution in [3.8, 4) is 5.69 Å². The summed E-state index contributed by atoms with van der Waals surface area (Å²) in [4.78, 5) is 16.5. The van der Waals surface area contributed by atoms with E-state index in [0.717, 1.165) is 24.2 Å². The molecule has 0 unspecified atom stereocenters. The number of anilines is 1. The van der Waals surface area contributed by atoms with Crippen LogP contribution in [0, 0.1) is 0 Å². The number of hydrogen-bond acceptors (Lipinski definition) is 3. The van der Waals surface area contributed by atoms with Crippen LogP contribution < -0.4 is 11.1 Å². The molecule has 21 heavy (non-hydrogen) atoms. The van der Waals surface area contributed by atoms with Crippen molar-refractivity contribution in [1.29, 1.82) is 0 Å². The van der Waals surface area contributed by atoms with Crippen LogP contribution in [0.25, 0.3) is 5.69 Å². The molecule has 5 heteroatoms. The summed E-state index contributed by atoms with van der Waals surface area (Å²) >= 11 is 0. The lowest BCUT2D eigenvalue weighted by Gasteiger charge is -2.16. The van der Waals surface area contributed by atoms with Crippen LogP contribution in [0.4, 0.5) is 5.69 Å². The molecule has 1 aromatic carbocycles. The van der Waals surface area contributed by atoms with Crippen molar-refractivity contribution in [2.75, 3.05) is 12.3 Å². The Morgan fingerprint density at radius 1 is 1.38 bits per heavy atom. The number of nitrogens with zero attached hydrogens (tertiary/aromatic N) is 2. The molecule has 3 N–H and O–H groups in total. The molecular formula is C16H20N4O. The zero-order valence-electron chi connectivity index (χ0n) is 12.2. The number of aryl methyl sites for hydroxylation is 1. The largest absolute Gasteiger partial charge is 0.397 e. The number of benzene rings is 1. The highest BCUT2D eigenvalue weighted by Gasteiger charge is 2.18. The quantitative estimate of drug-likeness (QED) is 0.848. The van der Waals surface area contributed by atoms with Gasteiger partial charge in [-0.3, -0.25) is 4.79 Å². The summed E-state index contributed by atoms with van der Waals surface area (Å²) in [7, 11) is 0. The minimum atomic E-state index is -0.0762. The molecule has 1 aromatic heterocycles. The molecule has 0 atom stereocenters. The van der Waals surface area contributed by atoms with Crippen LogP contribution in [0.2, 0.25) is 0 Å². The van der Waals surface area contributed by atoms with Crippen LogP contribution in [0.5, 0.6) is 0 Å². The first kappa shape index (κ1) is 13.7. The molecule has 0 saturated carbocycles. The Hall–Kier alpha value is -2.30. The van der Waals surface area contributed by atoms with Crippen LogP contribution in [-0.4, -0.2) is 22.0 Å². The van der Waals surface area contributed by atoms with Crippen molar-refractivity contribution < 1.29 is 4.79 Å². The predicted molar refractivity (Wildman–Crippen MR) is 82.6 cm³/mol. The highest BCUT2D eigenvalue weighted by Crippen LogP contribution is 2.26. The fraction of sp³-hybridized carbons (Fsp3) is 0.375. The molecule has 1 aliphatic carbocycles. The Bertz CT molecular complexity index is 675. The number of nitrogen functional groups attached to an aromatic ring is 1. The van der Waals surface area contributed by atoms with E-state index in [0.29, 0.717) is 17.8 Å². The minimum Gasteiger partial charge on any atom is -0.397 e. The highest BCUT2D eigenvalue weighted by molar-refractivity contribution is 5.95. The highest BCUT2D eigenvalue weighted by atomic mass is 16.1. The zero-order valence-corrected chi connectivity index (χ0v) is 12.2. The molecule has 2 aromatic rings. The van der Waals surface area contributed by atoms with Crippen LogP contribution in [0.15, 0.2) is 24.5 Å².